The number of sulfonamides is 1. The summed E-state index contributed by atoms with van der Waals surface area (Å²) >= 11 is 0. The van der Waals surface area contributed by atoms with Crippen LogP contribution in [0.2, 0.25) is 0 Å². The van der Waals surface area contributed by atoms with Crippen LogP contribution in [0, 0.1) is 6.92 Å². The number of ether oxygens (including phenoxy) is 1. The van der Waals surface area contributed by atoms with E-state index in [0.717, 1.165) is 31.9 Å². The normalized spacial score (nSPS) is 27.8. The number of carbonyl (C=O) groups excluding carboxylic acids is 1. The SMILES string of the molecule is Cc1ncoc1C(=O)N1CC[C@]2(CCC[C@@H](CNS(C)(=O)=O)O2)C1. The Bertz CT molecular complexity index is 716. The molecule has 1 spiro atoms. The molecule has 0 unspecified atom stereocenters. The van der Waals surface area contributed by atoms with Crippen molar-refractivity contribution in [2.24, 2.45) is 0 Å². The van der Waals surface area contributed by atoms with Crippen LogP contribution in [-0.4, -0.2) is 61.8 Å². The molecule has 1 amide bonds. The Morgan fingerprint density at radius 2 is 2.29 bits per heavy atom. The summed E-state index contributed by atoms with van der Waals surface area (Å²) in [6, 6.07) is 0. The van der Waals surface area contributed by atoms with Gasteiger partial charge in [-0.1, -0.05) is 0 Å². The van der Waals surface area contributed by atoms with Gasteiger partial charge in [0.1, 0.15) is 0 Å². The van der Waals surface area contributed by atoms with E-state index < -0.39 is 10.0 Å². The summed E-state index contributed by atoms with van der Waals surface area (Å²) in [5.74, 6) is 0.111. The number of amides is 1. The van der Waals surface area contributed by atoms with Crippen molar-refractivity contribution in [1.29, 1.82) is 0 Å². The quantitative estimate of drug-likeness (QED) is 0.850. The zero-order valence-corrected chi connectivity index (χ0v) is 14.8. The van der Waals surface area contributed by atoms with Gasteiger partial charge < -0.3 is 14.1 Å². The Labute approximate surface area is 141 Å². The third-order valence-electron chi connectivity index (χ3n) is 4.69. The molecular weight excluding hydrogens is 334 g/mol. The van der Waals surface area contributed by atoms with E-state index in [9.17, 15) is 13.2 Å². The fraction of sp³-hybridized carbons (Fsp3) is 0.733. The molecule has 1 aromatic rings. The molecule has 2 aliphatic heterocycles. The fourth-order valence-corrected chi connectivity index (χ4v) is 3.97. The summed E-state index contributed by atoms with van der Waals surface area (Å²) in [6.07, 6.45) is 5.66. The number of oxazole rings is 1. The standard InChI is InChI=1S/C15H23N3O5S/c1-11-13(22-10-16-11)14(19)18-7-6-15(9-18)5-3-4-12(23-15)8-17-24(2,20)21/h10,12,17H,3-9H2,1-2H3/t12-,15+/m0/s1. The van der Waals surface area contributed by atoms with Gasteiger partial charge in [0.05, 0.1) is 30.2 Å². The maximum absolute atomic E-state index is 12.5. The molecule has 9 heteroatoms. The van der Waals surface area contributed by atoms with E-state index in [-0.39, 0.29) is 29.9 Å². The van der Waals surface area contributed by atoms with Gasteiger partial charge in [-0.15, -0.1) is 0 Å². The van der Waals surface area contributed by atoms with E-state index in [4.69, 9.17) is 9.15 Å². The third kappa shape index (κ3) is 3.79. The topological polar surface area (TPSA) is 102 Å². The molecule has 2 atom stereocenters. The van der Waals surface area contributed by atoms with Crippen LogP contribution in [0.1, 0.15) is 41.9 Å². The van der Waals surface area contributed by atoms with Crippen LogP contribution < -0.4 is 4.72 Å². The molecule has 0 aliphatic carbocycles. The van der Waals surface area contributed by atoms with E-state index in [2.05, 4.69) is 9.71 Å². The van der Waals surface area contributed by atoms with Crippen molar-refractivity contribution in [1.82, 2.24) is 14.6 Å². The van der Waals surface area contributed by atoms with Gasteiger partial charge in [0.25, 0.3) is 5.91 Å². The average Bonchev–Trinajstić information content (AvgIpc) is 3.11. The van der Waals surface area contributed by atoms with Crippen molar-refractivity contribution in [3.63, 3.8) is 0 Å². The minimum absolute atomic E-state index is 0.157. The van der Waals surface area contributed by atoms with Crippen molar-refractivity contribution in [2.45, 2.75) is 44.3 Å². The zero-order chi connectivity index (χ0) is 17.4. The molecule has 0 radical (unpaired) electrons. The van der Waals surface area contributed by atoms with E-state index in [1.807, 2.05) is 0 Å². The highest BCUT2D eigenvalue weighted by atomic mass is 32.2. The molecule has 3 heterocycles. The molecule has 2 fully saturated rings. The van der Waals surface area contributed by atoms with Crippen LogP contribution in [-0.2, 0) is 14.8 Å². The predicted molar refractivity (Wildman–Crippen MR) is 86.1 cm³/mol. The number of hydrogen-bond acceptors (Lipinski definition) is 6. The van der Waals surface area contributed by atoms with Crippen molar-refractivity contribution < 1.29 is 22.4 Å². The smallest absolute Gasteiger partial charge is 0.291 e. The average molecular weight is 357 g/mol. The van der Waals surface area contributed by atoms with Gasteiger partial charge >= 0.3 is 0 Å². The second-order valence-corrected chi connectivity index (χ2v) is 8.51. The maximum Gasteiger partial charge on any atom is 0.291 e. The van der Waals surface area contributed by atoms with E-state index in [0.29, 0.717) is 18.8 Å². The van der Waals surface area contributed by atoms with E-state index in [1.165, 1.54) is 6.39 Å². The number of likely N-dealkylation sites (tertiary alicyclic amines) is 1. The summed E-state index contributed by atoms with van der Waals surface area (Å²) in [5, 5.41) is 0. The zero-order valence-electron chi connectivity index (χ0n) is 13.9. The first kappa shape index (κ1) is 17.4. The van der Waals surface area contributed by atoms with Gasteiger partial charge in [0, 0.05) is 13.1 Å². The van der Waals surface area contributed by atoms with Gasteiger partial charge in [0.15, 0.2) is 6.39 Å². The summed E-state index contributed by atoms with van der Waals surface area (Å²) < 4.78 is 36.4. The number of aromatic nitrogens is 1. The van der Waals surface area contributed by atoms with Gasteiger partial charge in [-0.25, -0.2) is 18.1 Å². The number of rotatable bonds is 4. The second-order valence-electron chi connectivity index (χ2n) is 6.68. The van der Waals surface area contributed by atoms with Crippen molar-refractivity contribution in [3.8, 4) is 0 Å². The largest absolute Gasteiger partial charge is 0.438 e. The van der Waals surface area contributed by atoms with Crippen LogP contribution in [0.15, 0.2) is 10.8 Å². The number of nitrogens with zero attached hydrogens (tertiary/aromatic N) is 2. The van der Waals surface area contributed by atoms with Crippen LogP contribution in [0.5, 0.6) is 0 Å². The van der Waals surface area contributed by atoms with Crippen molar-refractivity contribution in [3.05, 3.63) is 17.8 Å². The number of aryl methyl sites for hydroxylation is 1. The van der Waals surface area contributed by atoms with Crippen LogP contribution >= 0.6 is 0 Å². The lowest BCUT2D eigenvalue weighted by Crippen LogP contribution is -2.47. The highest BCUT2D eigenvalue weighted by Crippen LogP contribution is 2.37. The summed E-state index contributed by atoms with van der Waals surface area (Å²) in [6.45, 7) is 3.12. The number of carbonyl (C=O) groups is 1. The van der Waals surface area contributed by atoms with Crippen molar-refractivity contribution in [2.75, 3.05) is 25.9 Å². The van der Waals surface area contributed by atoms with Crippen LogP contribution in [0.25, 0.3) is 0 Å². The highest BCUT2D eigenvalue weighted by molar-refractivity contribution is 7.88. The molecule has 0 bridgehead atoms. The summed E-state index contributed by atoms with van der Waals surface area (Å²) in [4.78, 5) is 18.2. The first-order valence-corrected chi connectivity index (χ1v) is 9.99. The third-order valence-corrected chi connectivity index (χ3v) is 5.38. The molecule has 2 saturated heterocycles. The van der Waals surface area contributed by atoms with Gasteiger partial charge in [-0.3, -0.25) is 4.79 Å². The van der Waals surface area contributed by atoms with Crippen molar-refractivity contribution >= 4 is 15.9 Å². The minimum atomic E-state index is -3.23. The Hall–Kier alpha value is -1.45. The van der Waals surface area contributed by atoms with E-state index >= 15 is 0 Å². The first-order valence-electron chi connectivity index (χ1n) is 8.10. The summed E-state index contributed by atoms with van der Waals surface area (Å²) in [5.41, 5.74) is 0.201. The van der Waals surface area contributed by atoms with Crippen LogP contribution in [0.4, 0.5) is 0 Å². The Balaban J connectivity index is 1.63. The molecule has 0 aromatic carbocycles. The predicted octanol–water partition coefficient (Wildman–Crippen LogP) is 0.686. The fourth-order valence-electron chi connectivity index (χ4n) is 3.48. The highest BCUT2D eigenvalue weighted by Gasteiger charge is 2.45. The first-order chi connectivity index (χ1) is 11.3. The second kappa shape index (κ2) is 6.45. The maximum atomic E-state index is 12.5. The summed E-state index contributed by atoms with van der Waals surface area (Å²) in [7, 11) is -3.23. The molecule has 8 nitrogen and oxygen atoms in total. The molecular formula is C15H23N3O5S. The van der Waals surface area contributed by atoms with Gasteiger partial charge in [0.2, 0.25) is 15.8 Å². The molecule has 24 heavy (non-hydrogen) atoms. The van der Waals surface area contributed by atoms with Gasteiger partial charge in [-0.05, 0) is 32.6 Å². The van der Waals surface area contributed by atoms with Gasteiger partial charge in [-0.2, -0.15) is 0 Å². The van der Waals surface area contributed by atoms with Crippen LogP contribution in [0.3, 0.4) is 0 Å². The molecule has 1 aromatic heterocycles. The Morgan fingerprint density at radius 3 is 2.96 bits per heavy atom. The lowest BCUT2D eigenvalue weighted by atomic mass is 9.90. The minimum Gasteiger partial charge on any atom is -0.438 e. The lowest BCUT2D eigenvalue weighted by molar-refractivity contribution is -0.116. The molecule has 2 aliphatic rings. The molecule has 3 rings (SSSR count). The Kier molecular flexibility index (Phi) is 4.67. The number of nitrogens with one attached hydrogen (secondary N) is 1. The lowest BCUT2D eigenvalue weighted by Gasteiger charge is -2.38. The number of hydrogen-bond donors (Lipinski definition) is 1. The monoisotopic (exact) mass is 357 g/mol. The molecule has 0 saturated carbocycles. The Morgan fingerprint density at radius 1 is 1.50 bits per heavy atom. The van der Waals surface area contributed by atoms with E-state index in [1.54, 1.807) is 11.8 Å². The molecule has 134 valence electrons. The molecule has 1 N–H and O–H groups in total.